The van der Waals surface area contributed by atoms with Gasteiger partial charge in [-0.1, -0.05) is 0 Å². The number of urea groups is 1. The summed E-state index contributed by atoms with van der Waals surface area (Å²) in [5, 5.41) is 5.76. The second-order valence-corrected chi connectivity index (χ2v) is 6.11. The topological polar surface area (TPSA) is 83.6 Å². The molecular weight excluding hydrogens is 296 g/mol. The standard InChI is InChI=1S/C16H22N4O3/c1-23-7-5-11-4-6-17-14(8-11)19-16(22)20-9-13(10-20)18-15(21)12-2-3-12/h4,6,8,12-13H,2-3,5,7,9-10H2,1H3,(H,18,21)(H,17,19,22). The molecule has 7 nitrogen and oxygen atoms in total. The lowest BCUT2D eigenvalue weighted by molar-refractivity contribution is -0.123. The van der Waals surface area contributed by atoms with E-state index in [1.165, 1.54) is 0 Å². The first kappa shape index (κ1) is 15.7. The Morgan fingerprint density at radius 3 is 2.87 bits per heavy atom. The highest BCUT2D eigenvalue weighted by atomic mass is 16.5. The molecule has 0 aromatic carbocycles. The first-order valence-electron chi connectivity index (χ1n) is 7.96. The molecular formula is C16H22N4O3. The predicted octanol–water partition coefficient (Wildman–Crippen LogP) is 1.01. The number of ether oxygens (including phenoxy) is 1. The van der Waals surface area contributed by atoms with Crippen molar-refractivity contribution >= 4 is 17.8 Å². The van der Waals surface area contributed by atoms with Crippen molar-refractivity contribution in [3.8, 4) is 0 Å². The molecule has 0 radical (unpaired) electrons. The second kappa shape index (κ2) is 6.95. The molecule has 1 aromatic heterocycles. The molecule has 2 heterocycles. The first-order chi connectivity index (χ1) is 11.2. The summed E-state index contributed by atoms with van der Waals surface area (Å²) in [5.41, 5.74) is 1.07. The van der Waals surface area contributed by atoms with Crippen molar-refractivity contribution in [2.24, 2.45) is 5.92 Å². The van der Waals surface area contributed by atoms with Crippen LogP contribution in [0.3, 0.4) is 0 Å². The van der Waals surface area contributed by atoms with Crippen LogP contribution < -0.4 is 10.6 Å². The van der Waals surface area contributed by atoms with Crippen molar-refractivity contribution in [2.75, 3.05) is 32.1 Å². The molecule has 2 N–H and O–H groups in total. The van der Waals surface area contributed by atoms with Gasteiger partial charge in [0.2, 0.25) is 5.91 Å². The number of aromatic nitrogens is 1. The zero-order valence-corrected chi connectivity index (χ0v) is 13.2. The van der Waals surface area contributed by atoms with E-state index in [1.807, 2.05) is 12.1 Å². The lowest BCUT2D eigenvalue weighted by atomic mass is 10.1. The van der Waals surface area contributed by atoms with Gasteiger partial charge in [-0.25, -0.2) is 9.78 Å². The predicted molar refractivity (Wildman–Crippen MR) is 85.1 cm³/mol. The summed E-state index contributed by atoms with van der Waals surface area (Å²) >= 11 is 0. The van der Waals surface area contributed by atoms with Gasteiger partial charge in [-0.15, -0.1) is 0 Å². The monoisotopic (exact) mass is 318 g/mol. The summed E-state index contributed by atoms with van der Waals surface area (Å²) in [7, 11) is 1.66. The van der Waals surface area contributed by atoms with Crippen molar-refractivity contribution in [3.05, 3.63) is 23.9 Å². The van der Waals surface area contributed by atoms with Crippen LogP contribution in [0, 0.1) is 5.92 Å². The van der Waals surface area contributed by atoms with E-state index in [4.69, 9.17) is 4.74 Å². The number of hydrogen-bond acceptors (Lipinski definition) is 4. The van der Waals surface area contributed by atoms with E-state index >= 15 is 0 Å². The Bertz CT molecular complexity index is 582. The SMILES string of the molecule is COCCc1ccnc(NC(=O)N2CC(NC(=O)C3CC3)C2)c1. The number of anilines is 1. The second-order valence-electron chi connectivity index (χ2n) is 6.11. The molecule has 23 heavy (non-hydrogen) atoms. The molecule has 2 aliphatic rings. The van der Waals surface area contributed by atoms with E-state index in [1.54, 1.807) is 18.2 Å². The number of nitrogens with one attached hydrogen (secondary N) is 2. The van der Waals surface area contributed by atoms with E-state index in [-0.39, 0.29) is 23.9 Å². The molecule has 3 amide bonds. The molecule has 1 saturated carbocycles. The minimum atomic E-state index is -0.182. The van der Waals surface area contributed by atoms with Gasteiger partial charge in [-0.3, -0.25) is 10.1 Å². The fourth-order valence-corrected chi connectivity index (χ4v) is 2.51. The molecule has 0 bridgehead atoms. The number of carbonyl (C=O) groups excluding carboxylic acids is 2. The van der Waals surface area contributed by atoms with Gasteiger partial charge in [0.25, 0.3) is 0 Å². The number of amides is 3. The lowest BCUT2D eigenvalue weighted by Crippen LogP contribution is -2.62. The van der Waals surface area contributed by atoms with E-state index < -0.39 is 0 Å². The van der Waals surface area contributed by atoms with E-state index in [0.717, 1.165) is 24.8 Å². The van der Waals surface area contributed by atoms with Gasteiger partial charge in [0, 0.05) is 32.3 Å². The molecule has 1 aliphatic heterocycles. The zero-order valence-electron chi connectivity index (χ0n) is 13.2. The quantitative estimate of drug-likeness (QED) is 0.820. The molecule has 0 spiro atoms. The smallest absolute Gasteiger partial charge is 0.323 e. The van der Waals surface area contributed by atoms with Crippen LogP contribution in [-0.4, -0.2) is 54.7 Å². The van der Waals surface area contributed by atoms with Crippen LogP contribution in [0.1, 0.15) is 18.4 Å². The molecule has 124 valence electrons. The molecule has 1 aromatic rings. The van der Waals surface area contributed by atoms with Crippen LogP contribution in [0.2, 0.25) is 0 Å². The molecule has 1 saturated heterocycles. The van der Waals surface area contributed by atoms with Crippen molar-refractivity contribution in [3.63, 3.8) is 0 Å². The summed E-state index contributed by atoms with van der Waals surface area (Å²) in [6, 6.07) is 3.65. The number of hydrogen-bond donors (Lipinski definition) is 2. The van der Waals surface area contributed by atoms with Crippen LogP contribution >= 0.6 is 0 Å². The molecule has 2 fully saturated rings. The van der Waals surface area contributed by atoms with Gasteiger partial charge in [-0.2, -0.15) is 0 Å². The maximum absolute atomic E-state index is 12.1. The average molecular weight is 318 g/mol. The van der Waals surface area contributed by atoms with Crippen LogP contribution in [0.4, 0.5) is 10.6 Å². The summed E-state index contributed by atoms with van der Waals surface area (Å²) in [5.74, 6) is 0.869. The number of methoxy groups -OCH3 is 1. The minimum absolute atomic E-state index is 0.0786. The van der Waals surface area contributed by atoms with E-state index in [0.29, 0.717) is 25.5 Å². The Labute approximate surface area is 135 Å². The Kier molecular flexibility index (Phi) is 4.76. The van der Waals surface area contributed by atoms with Gasteiger partial charge >= 0.3 is 6.03 Å². The van der Waals surface area contributed by atoms with Gasteiger partial charge in [0.15, 0.2) is 0 Å². The summed E-state index contributed by atoms with van der Waals surface area (Å²) in [6.07, 6.45) is 4.44. The van der Waals surface area contributed by atoms with Crippen molar-refractivity contribution in [2.45, 2.75) is 25.3 Å². The third kappa shape index (κ3) is 4.19. The number of pyridine rings is 1. The minimum Gasteiger partial charge on any atom is -0.384 e. The Morgan fingerprint density at radius 1 is 1.39 bits per heavy atom. The largest absolute Gasteiger partial charge is 0.384 e. The maximum atomic E-state index is 12.1. The lowest BCUT2D eigenvalue weighted by Gasteiger charge is -2.39. The number of likely N-dealkylation sites (tertiary alicyclic amines) is 1. The van der Waals surface area contributed by atoms with E-state index in [2.05, 4.69) is 15.6 Å². The third-order valence-electron chi connectivity index (χ3n) is 4.12. The fraction of sp³-hybridized carbons (Fsp3) is 0.562. The zero-order chi connectivity index (χ0) is 16.2. The van der Waals surface area contributed by atoms with Crippen LogP contribution in [0.5, 0.6) is 0 Å². The Balaban J connectivity index is 1.44. The van der Waals surface area contributed by atoms with Gasteiger partial charge in [0.05, 0.1) is 12.6 Å². The van der Waals surface area contributed by atoms with Crippen molar-refractivity contribution in [1.29, 1.82) is 0 Å². The van der Waals surface area contributed by atoms with Gasteiger partial charge in [0.1, 0.15) is 5.82 Å². The highest BCUT2D eigenvalue weighted by Gasteiger charge is 2.36. The number of carbonyl (C=O) groups is 2. The highest BCUT2D eigenvalue weighted by molar-refractivity contribution is 5.89. The maximum Gasteiger partial charge on any atom is 0.323 e. The third-order valence-corrected chi connectivity index (χ3v) is 4.12. The molecule has 3 rings (SSSR count). The number of nitrogens with zero attached hydrogens (tertiary/aromatic N) is 2. The Morgan fingerprint density at radius 2 is 2.17 bits per heavy atom. The molecule has 7 heteroatoms. The fourth-order valence-electron chi connectivity index (χ4n) is 2.51. The van der Waals surface area contributed by atoms with Crippen LogP contribution in [0.15, 0.2) is 18.3 Å². The van der Waals surface area contributed by atoms with E-state index in [9.17, 15) is 9.59 Å². The number of rotatable bonds is 6. The first-order valence-corrected chi connectivity index (χ1v) is 7.96. The highest BCUT2D eigenvalue weighted by Crippen LogP contribution is 2.29. The van der Waals surface area contributed by atoms with Gasteiger partial charge in [-0.05, 0) is 37.0 Å². The van der Waals surface area contributed by atoms with Crippen LogP contribution in [-0.2, 0) is 16.0 Å². The Hall–Kier alpha value is -2.15. The van der Waals surface area contributed by atoms with Crippen LogP contribution in [0.25, 0.3) is 0 Å². The average Bonchev–Trinajstić information content (AvgIpc) is 3.33. The van der Waals surface area contributed by atoms with Gasteiger partial charge < -0.3 is 15.0 Å². The normalized spacial score (nSPS) is 17.5. The van der Waals surface area contributed by atoms with Crippen molar-refractivity contribution < 1.29 is 14.3 Å². The summed E-state index contributed by atoms with van der Waals surface area (Å²) in [4.78, 5) is 29.6. The molecule has 1 aliphatic carbocycles. The summed E-state index contributed by atoms with van der Waals surface area (Å²) < 4.78 is 5.05. The summed E-state index contributed by atoms with van der Waals surface area (Å²) in [6.45, 7) is 1.73. The molecule has 0 unspecified atom stereocenters. The molecule has 0 atom stereocenters. The van der Waals surface area contributed by atoms with Crippen molar-refractivity contribution in [1.82, 2.24) is 15.2 Å².